The van der Waals surface area contributed by atoms with E-state index in [1.807, 2.05) is 60.7 Å². The summed E-state index contributed by atoms with van der Waals surface area (Å²) >= 11 is 0. The summed E-state index contributed by atoms with van der Waals surface area (Å²) in [6, 6.07) is 16.1. The van der Waals surface area contributed by atoms with Gasteiger partial charge < -0.3 is 30.5 Å². The first-order valence-corrected chi connectivity index (χ1v) is 16.8. The second-order valence-electron chi connectivity index (χ2n) is 15.0. The van der Waals surface area contributed by atoms with Crippen LogP contribution in [0.15, 0.2) is 60.7 Å². The maximum atomic E-state index is 13.7. The number of ether oxygens (including phenoxy) is 2. The van der Waals surface area contributed by atoms with Crippen LogP contribution in [0.4, 0.5) is 9.59 Å². The molecule has 0 aliphatic carbocycles. The number of aliphatic hydroxyl groups excluding tert-OH is 1. The molecule has 2 aromatic carbocycles. The highest BCUT2D eigenvalue weighted by Crippen LogP contribution is 2.14. The lowest BCUT2D eigenvalue weighted by Crippen LogP contribution is -2.59. The molecule has 2 aromatic rings. The minimum absolute atomic E-state index is 0.0818. The van der Waals surface area contributed by atoms with E-state index in [9.17, 15) is 24.3 Å². The van der Waals surface area contributed by atoms with E-state index < -0.39 is 59.4 Å². The van der Waals surface area contributed by atoms with Gasteiger partial charge in [0.1, 0.15) is 23.3 Å². The molecule has 0 saturated carbocycles. The Morgan fingerprint density at radius 1 is 0.673 bits per heavy atom. The Kier molecular flexibility index (Phi) is 15.5. The molecule has 2 rings (SSSR count). The van der Waals surface area contributed by atoms with Gasteiger partial charge in [-0.3, -0.25) is 15.0 Å². The number of nitrogens with zero attached hydrogens (tertiary/aromatic N) is 1. The number of hydrogen-bond donors (Lipinski definition) is 5. The first-order chi connectivity index (χ1) is 22.7. The second-order valence-corrected chi connectivity index (χ2v) is 15.0. The zero-order chi connectivity index (χ0) is 36.9. The van der Waals surface area contributed by atoms with Gasteiger partial charge in [-0.25, -0.2) is 14.6 Å². The number of rotatable bonds is 15. The summed E-state index contributed by atoms with van der Waals surface area (Å²) in [5.74, 6) is -1.55. The van der Waals surface area contributed by atoms with Gasteiger partial charge in [-0.05, 0) is 70.9 Å². The molecule has 272 valence electrons. The van der Waals surface area contributed by atoms with Crippen LogP contribution in [0.25, 0.3) is 0 Å². The van der Waals surface area contributed by atoms with Crippen molar-refractivity contribution < 1.29 is 33.8 Å². The summed E-state index contributed by atoms with van der Waals surface area (Å²) in [6.45, 7) is 17.8. The van der Waals surface area contributed by atoms with Crippen LogP contribution in [0.2, 0.25) is 0 Å². The van der Waals surface area contributed by atoms with Gasteiger partial charge >= 0.3 is 12.2 Å². The van der Waals surface area contributed by atoms with Gasteiger partial charge in [0.2, 0.25) is 5.91 Å². The third-order valence-electron chi connectivity index (χ3n) is 7.23. The summed E-state index contributed by atoms with van der Waals surface area (Å²) in [4.78, 5) is 52.5. The van der Waals surface area contributed by atoms with Crippen molar-refractivity contribution in [2.45, 2.75) is 118 Å². The van der Waals surface area contributed by atoms with Crippen LogP contribution < -0.4 is 21.4 Å². The lowest BCUT2D eigenvalue weighted by Gasteiger charge is -2.33. The van der Waals surface area contributed by atoms with E-state index in [0.29, 0.717) is 0 Å². The van der Waals surface area contributed by atoms with Crippen LogP contribution in [0, 0.1) is 11.8 Å². The Balaban J connectivity index is 2.36. The van der Waals surface area contributed by atoms with Crippen LogP contribution in [0.1, 0.15) is 80.4 Å². The predicted molar refractivity (Wildman–Crippen MR) is 189 cm³/mol. The van der Waals surface area contributed by atoms with Crippen LogP contribution in [-0.2, 0) is 32.0 Å². The van der Waals surface area contributed by atoms with Crippen LogP contribution >= 0.6 is 0 Å². The molecule has 0 aromatic heterocycles. The number of carbonyl (C=O) groups is 4. The van der Waals surface area contributed by atoms with Crippen molar-refractivity contribution in [1.29, 1.82) is 0 Å². The molecule has 0 unspecified atom stereocenters. The van der Waals surface area contributed by atoms with E-state index in [2.05, 4.69) is 21.4 Å². The third kappa shape index (κ3) is 15.7. The van der Waals surface area contributed by atoms with E-state index in [-0.39, 0.29) is 31.3 Å². The Hall–Kier alpha value is -4.16. The number of alkyl carbamates (subject to hydrolysis) is 2. The Bertz CT molecular complexity index is 1340. The molecule has 4 amide bonds. The van der Waals surface area contributed by atoms with Crippen LogP contribution in [0.3, 0.4) is 0 Å². The first kappa shape index (κ1) is 41.0. The SMILES string of the molecule is CC(C)[C@H](NC(=O)OC(C)(C)C)C(=O)N[C@@H](Cc1ccccc1)[C@@H](O)CN(Cc1ccccc1)NC(=O)[C@H](NC(=O)OC(C)(C)C)C(C)C. The molecule has 0 bridgehead atoms. The zero-order valence-electron chi connectivity index (χ0n) is 30.7. The van der Waals surface area contributed by atoms with Crippen molar-refractivity contribution in [3.8, 4) is 0 Å². The van der Waals surface area contributed by atoms with Gasteiger partial charge in [-0.2, -0.15) is 0 Å². The molecule has 12 nitrogen and oxygen atoms in total. The Morgan fingerprint density at radius 3 is 1.53 bits per heavy atom. The first-order valence-electron chi connectivity index (χ1n) is 16.8. The topological polar surface area (TPSA) is 158 Å². The normalized spacial score (nSPS) is 14.4. The van der Waals surface area contributed by atoms with Gasteiger partial charge in [0.15, 0.2) is 0 Å². The van der Waals surface area contributed by atoms with E-state index in [1.165, 1.54) is 0 Å². The predicted octanol–water partition coefficient (Wildman–Crippen LogP) is 4.71. The monoisotopic (exact) mass is 683 g/mol. The highest BCUT2D eigenvalue weighted by Gasteiger charge is 2.33. The largest absolute Gasteiger partial charge is 0.444 e. The number of amides is 4. The lowest BCUT2D eigenvalue weighted by molar-refractivity contribution is -0.131. The Morgan fingerprint density at radius 2 is 1.10 bits per heavy atom. The van der Waals surface area contributed by atoms with Gasteiger partial charge in [0.05, 0.1) is 12.1 Å². The number of hydrazine groups is 1. The van der Waals surface area contributed by atoms with Gasteiger partial charge in [0, 0.05) is 13.1 Å². The summed E-state index contributed by atoms with van der Waals surface area (Å²) in [5.41, 5.74) is 3.11. The average Bonchev–Trinajstić information content (AvgIpc) is 2.97. The Labute approximate surface area is 291 Å². The molecule has 0 aliphatic heterocycles. The number of benzene rings is 2. The zero-order valence-corrected chi connectivity index (χ0v) is 30.7. The average molecular weight is 684 g/mol. The molecule has 49 heavy (non-hydrogen) atoms. The van der Waals surface area contributed by atoms with E-state index in [0.717, 1.165) is 11.1 Å². The highest BCUT2D eigenvalue weighted by molar-refractivity contribution is 5.86. The maximum absolute atomic E-state index is 13.7. The molecule has 0 spiro atoms. The molecular formula is C37H57N5O7. The molecule has 0 saturated heterocycles. The van der Waals surface area contributed by atoms with Crippen molar-refractivity contribution in [2.24, 2.45) is 11.8 Å². The summed E-state index contributed by atoms with van der Waals surface area (Å²) in [5, 5.41) is 21.6. The van der Waals surface area contributed by atoms with Crippen molar-refractivity contribution in [2.75, 3.05) is 6.54 Å². The fourth-order valence-corrected chi connectivity index (χ4v) is 4.89. The molecule has 12 heteroatoms. The fraction of sp³-hybridized carbons (Fsp3) is 0.568. The molecule has 5 N–H and O–H groups in total. The number of aliphatic hydroxyl groups is 1. The number of carbonyl (C=O) groups excluding carboxylic acids is 4. The van der Waals surface area contributed by atoms with E-state index in [1.54, 1.807) is 74.2 Å². The molecule has 0 heterocycles. The minimum atomic E-state index is -1.18. The van der Waals surface area contributed by atoms with Gasteiger partial charge in [-0.1, -0.05) is 88.4 Å². The molecule has 4 atom stereocenters. The standard InChI is InChI=1S/C37H57N5O7/c1-24(2)30(39-34(46)48-36(5,6)7)32(44)38-28(21-26-17-13-11-14-18-26)29(43)23-42(22-27-19-15-12-16-20-27)41-33(45)31(25(3)4)40-35(47)49-37(8,9)10/h11-20,24-25,28-31,43H,21-23H2,1-10H3,(H,38,44)(H,39,46)(H,40,47)(H,41,45)/t28-,29-,30-,31+/m0/s1. The van der Waals surface area contributed by atoms with Crippen LogP contribution in [-0.4, -0.2) is 76.1 Å². The second kappa shape index (κ2) is 18.6. The van der Waals surface area contributed by atoms with Crippen molar-refractivity contribution in [3.63, 3.8) is 0 Å². The fourth-order valence-electron chi connectivity index (χ4n) is 4.89. The third-order valence-corrected chi connectivity index (χ3v) is 7.23. The number of nitrogens with one attached hydrogen (secondary N) is 4. The van der Waals surface area contributed by atoms with Gasteiger partial charge in [-0.15, -0.1) is 0 Å². The smallest absolute Gasteiger partial charge is 0.408 e. The minimum Gasteiger partial charge on any atom is -0.444 e. The lowest BCUT2D eigenvalue weighted by atomic mass is 9.98. The van der Waals surface area contributed by atoms with Crippen LogP contribution in [0.5, 0.6) is 0 Å². The van der Waals surface area contributed by atoms with E-state index in [4.69, 9.17) is 9.47 Å². The summed E-state index contributed by atoms with van der Waals surface area (Å²) in [6.07, 6.45) is -2.36. The highest BCUT2D eigenvalue weighted by atomic mass is 16.6. The molecular weight excluding hydrogens is 626 g/mol. The molecule has 0 fully saturated rings. The maximum Gasteiger partial charge on any atom is 0.408 e. The van der Waals surface area contributed by atoms with Crippen molar-refractivity contribution in [3.05, 3.63) is 71.8 Å². The van der Waals surface area contributed by atoms with Crippen molar-refractivity contribution >= 4 is 24.0 Å². The molecule has 0 aliphatic rings. The van der Waals surface area contributed by atoms with Gasteiger partial charge in [0.25, 0.3) is 5.91 Å². The number of hydrogen-bond acceptors (Lipinski definition) is 8. The van der Waals surface area contributed by atoms with Crippen molar-refractivity contribution in [1.82, 2.24) is 26.4 Å². The van der Waals surface area contributed by atoms with E-state index >= 15 is 0 Å². The molecule has 0 radical (unpaired) electrons. The quantitative estimate of drug-likeness (QED) is 0.169. The summed E-state index contributed by atoms with van der Waals surface area (Å²) < 4.78 is 10.8. The summed E-state index contributed by atoms with van der Waals surface area (Å²) in [7, 11) is 0.